The van der Waals surface area contributed by atoms with Crippen molar-refractivity contribution >= 4 is 12.1 Å². The number of nitrogens with one attached hydrogen (secondary N) is 2. The van der Waals surface area contributed by atoms with Crippen molar-refractivity contribution in [2.45, 2.75) is 32.3 Å². The molecule has 4 amide bonds. The lowest BCUT2D eigenvalue weighted by Crippen LogP contribution is -2.31. The van der Waals surface area contributed by atoms with Gasteiger partial charge in [-0.3, -0.25) is 0 Å². The van der Waals surface area contributed by atoms with Crippen molar-refractivity contribution in [1.82, 2.24) is 10.6 Å². The lowest BCUT2D eigenvalue weighted by Gasteiger charge is -2.02. The number of carbonyl (C=O) groups is 2. The Balaban J connectivity index is 0. The van der Waals surface area contributed by atoms with Crippen LogP contribution in [-0.4, -0.2) is 48.1 Å². The first-order chi connectivity index (χ1) is 8.40. The maximum Gasteiger partial charge on any atom is 0.312 e. The lowest BCUT2D eigenvalue weighted by atomic mass is 10.3. The molecule has 108 valence electrons. The summed E-state index contributed by atoms with van der Waals surface area (Å²) in [6.45, 7) is 2.81. The summed E-state index contributed by atoms with van der Waals surface area (Å²) < 4.78 is 0. The summed E-state index contributed by atoms with van der Waals surface area (Å²) >= 11 is 0. The van der Waals surface area contributed by atoms with Crippen molar-refractivity contribution < 1.29 is 19.8 Å². The van der Waals surface area contributed by atoms with Crippen LogP contribution < -0.4 is 22.1 Å². The summed E-state index contributed by atoms with van der Waals surface area (Å²) in [5.41, 5.74) is 9.51. The van der Waals surface area contributed by atoms with Gasteiger partial charge in [0, 0.05) is 19.7 Å². The molecule has 0 rings (SSSR count). The van der Waals surface area contributed by atoms with Crippen LogP contribution in [0.4, 0.5) is 9.59 Å². The third kappa shape index (κ3) is 23.9. The summed E-state index contributed by atoms with van der Waals surface area (Å²) in [5.74, 6) is 0. The Kier molecular flexibility index (Phi) is 14.1. The molecule has 0 aliphatic carbocycles. The van der Waals surface area contributed by atoms with Gasteiger partial charge in [-0.25, -0.2) is 9.59 Å². The second-order valence-corrected chi connectivity index (χ2v) is 3.65. The largest absolute Gasteiger partial charge is 0.396 e. The normalized spacial score (nSPS) is 10.8. The van der Waals surface area contributed by atoms with Gasteiger partial charge in [0.15, 0.2) is 0 Å². The number of rotatable bonds is 7. The Hall–Kier alpha value is -1.54. The highest BCUT2D eigenvalue weighted by Crippen LogP contribution is 1.84. The molecule has 0 aliphatic rings. The topological polar surface area (TPSA) is 151 Å². The number of carbonyl (C=O) groups excluding carboxylic acids is 2. The summed E-state index contributed by atoms with van der Waals surface area (Å²) in [7, 11) is 0. The van der Waals surface area contributed by atoms with Crippen molar-refractivity contribution in [3.05, 3.63) is 0 Å². The molecule has 18 heavy (non-hydrogen) atoms. The predicted molar refractivity (Wildman–Crippen MR) is 67.8 cm³/mol. The molecule has 0 aromatic rings. The quantitative estimate of drug-likeness (QED) is 0.322. The zero-order chi connectivity index (χ0) is 14.4. The van der Waals surface area contributed by atoms with Crippen LogP contribution in [-0.2, 0) is 0 Å². The predicted octanol–water partition coefficient (Wildman–Crippen LogP) is -1.15. The van der Waals surface area contributed by atoms with Gasteiger partial charge in [0.05, 0.1) is 6.10 Å². The van der Waals surface area contributed by atoms with Gasteiger partial charge in [0.2, 0.25) is 0 Å². The molecular formula is C10H24N4O4. The minimum Gasteiger partial charge on any atom is -0.396 e. The molecule has 0 spiro atoms. The molecule has 0 radical (unpaired) electrons. The van der Waals surface area contributed by atoms with E-state index in [1.807, 2.05) is 0 Å². The summed E-state index contributed by atoms with van der Waals surface area (Å²) in [4.78, 5) is 20.0. The van der Waals surface area contributed by atoms with E-state index >= 15 is 0 Å². The first kappa shape index (κ1) is 18.8. The zero-order valence-electron chi connectivity index (χ0n) is 10.7. The van der Waals surface area contributed by atoms with Gasteiger partial charge in [-0.05, 0) is 26.2 Å². The molecule has 0 heterocycles. The average molecular weight is 264 g/mol. The minimum atomic E-state index is -0.546. The van der Waals surface area contributed by atoms with Crippen LogP contribution in [0.2, 0.25) is 0 Å². The zero-order valence-corrected chi connectivity index (χ0v) is 10.7. The molecule has 8 heteroatoms. The summed E-state index contributed by atoms with van der Waals surface area (Å²) in [6, 6.07) is -1.05. The highest BCUT2D eigenvalue weighted by atomic mass is 16.3. The van der Waals surface area contributed by atoms with Gasteiger partial charge >= 0.3 is 12.1 Å². The second-order valence-electron chi connectivity index (χ2n) is 3.65. The van der Waals surface area contributed by atoms with E-state index in [1.165, 1.54) is 0 Å². The Labute approximate surface area is 107 Å². The van der Waals surface area contributed by atoms with E-state index < -0.39 is 12.1 Å². The fraction of sp³-hybridized carbons (Fsp3) is 0.800. The third-order valence-electron chi connectivity index (χ3n) is 1.75. The Bertz CT molecular complexity index is 224. The molecule has 8 nitrogen and oxygen atoms in total. The number of aliphatic hydroxyl groups is 2. The smallest absolute Gasteiger partial charge is 0.312 e. The van der Waals surface area contributed by atoms with Crippen molar-refractivity contribution in [3.8, 4) is 0 Å². The van der Waals surface area contributed by atoms with Gasteiger partial charge < -0.3 is 32.3 Å². The van der Waals surface area contributed by atoms with Gasteiger partial charge in [0.25, 0.3) is 0 Å². The molecule has 0 bridgehead atoms. The van der Waals surface area contributed by atoms with E-state index in [0.29, 0.717) is 25.9 Å². The molecule has 1 atom stereocenters. The molecule has 0 aromatic carbocycles. The van der Waals surface area contributed by atoms with E-state index in [0.717, 1.165) is 6.42 Å². The van der Waals surface area contributed by atoms with Gasteiger partial charge in [-0.2, -0.15) is 0 Å². The number of primary amides is 2. The Morgan fingerprint density at radius 1 is 1.11 bits per heavy atom. The molecule has 0 fully saturated rings. The highest BCUT2D eigenvalue weighted by Gasteiger charge is 1.95. The Morgan fingerprint density at radius 2 is 1.61 bits per heavy atom. The van der Waals surface area contributed by atoms with Crippen LogP contribution in [0, 0.1) is 0 Å². The number of amides is 4. The van der Waals surface area contributed by atoms with Gasteiger partial charge in [0.1, 0.15) is 0 Å². The number of hydrogen-bond donors (Lipinski definition) is 6. The molecule has 0 saturated heterocycles. The molecule has 0 aromatic heterocycles. The monoisotopic (exact) mass is 264 g/mol. The first-order valence-corrected chi connectivity index (χ1v) is 5.75. The Morgan fingerprint density at radius 3 is 2.00 bits per heavy atom. The minimum absolute atomic E-state index is 0.167. The number of nitrogens with two attached hydrogens (primary N) is 2. The molecular weight excluding hydrogens is 240 g/mol. The summed E-state index contributed by atoms with van der Waals surface area (Å²) in [5, 5.41) is 21.7. The standard InChI is InChI=1S/2C5H12N2O2/c1-4(8)2-3-7-5(6)9;6-5(9)7-3-1-2-4-8/h4,8H,2-3H2,1H3,(H3,6,7,9);8H,1-4H2,(H3,6,7,9). The van der Waals surface area contributed by atoms with Crippen molar-refractivity contribution in [2.75, 3.05) is 19.7 Å². The van der Waals surface area contributed by atoms with E-state index in [4.69, 9.17) is 21.7 Å². The fourth-order valence-corrected chi connectivity index (χ4v) is 0.853. The number of hydrogen-bond acceptors (Lipinski definition) is 4. The summed E-state index contributed by atoms with van der Waals surface area (Å²) in [6.07, 6.45) is 1.65. The maximum atomic E-state index is 10.0. The van der Waals surface area contributed by atoms with Crippen LogP contribution in [0.15, 0.2) is 0 Å². The van der Waals surface area contributed by atoms with E-state index in [1.54, 1.807) is 6.92 Å². The average Bonchev–Trinajstić information content (AvgIpc) is 2.24. The van der Waals surface area contributed by atoms with E-state index in [-0.39, 0.29) is 12.7 Å². The maximum absolute atomic E-state index is 10.0. The number of aliphatic hydroxyl groups excluding tert-OH is 2. The molecule has 0 aliphatic heterocycles. The van der Waals surface area contributed by atoms with Crippen molar-refractivity contribution in [2.24, 2.45) is 11.5 Å². The van der Waals surface area contributed by atoms with Crippen LogP contribution in [0.5, 0.6) is 0 Å². The van der Waals surface area contributed by atoms with Gasteiger partial charge in [-0.1, -0.05) is 0 Å². The van der Waals surface area contributed by atoms with Crippen LogP contribution >= 0.6 is 0 Å². The van der Waals surface area contributed by atoms with Crippen LogP contribution in [0.1, 0.15) is 26.2 Å². The SMILES string of the molecule is CC(O)CCNC(N)=O.NC(=O)NCCCCO. The lowest BCUT2D eigenvalue weighted by molar-refractivity contribution is 0.184. The number of urea groups is 2. The van der Waals surface area contributed by atoms with E-state index in [2.05, 4.69) is 10.6 Å². The molecule has 0 saturated carbocycles. The molecule has 1 unspecified atom stereocenters. The van der Waals surface area contributed by atoms with Gasteiger partial charge in [-0.15, -0.1) is 0 Å². The molecule has 8 N–H and O–H groups in total. The fourth-order valence-electron chi connectivity index (χ4n) is 0.853. The number of unbranched alkanes of at least 4 members (excludes halogenated alkanes) is 1. The van der Waals surface area contributed by atoms with E-state index in [9.17, 15) is 9.59 Å². The third-order valence-corrected chi connectivity index (χ3v) is 1.75. The first-order valence-electron chi connectivity index (χ1n) is 5.75. The highest BCUT2D eigenvalue weighted by molar-refractivity contribution is 5.71. The van der Waals surface area contributed by atoms with Crippen molar-refractivity contribution in [3.63, 3.8) is 0 Å². The van der Waals surface area contributed by atoms with Crippen molar-refractivity contribution in [1.29, 1.82) is 0 Å². The van der Waals surface area contributed by atoms with Crippen LogP contribution in [0.3, 0.4) is 0 Å². The second kappa shape index (κ2) is 13.5. The van der Waals surface area contributed by atoms with Crippen LogP contribution in [0.25, 0.3) is 0 Å².